The van der Waals surface area contributed by atoms with Crippen molar-refractivity contribution in [2.75, 3.05) is 5.43 Å². The van der Waals surface area contributed by atoms with Gasteiger partial charge in [-0.15, -0.1) is 5.10 Å². The van der Waals surface area contributed by atoms with Gasteiger partial charge in [0.2, 0.25) is 5.91 Å². The lowest BCUT2D eigenvalue weighted by molar-refractivity contribution is -0.120. The molecule has 0 atom stereocenters. The Hall–Kier alpha value is -2.21. The maximum absolute atomic E-state index is 11.1. The molecule has 6 nitrogen and oxygen atoms in total. The summed E-state index contributed by atoms with van der Waals surface area (Å²) >= 11 is 5.82. The number of rotatable bonds is 4. The number of carbonyl (C=O) groups excluding carboxylic acids is 1. The maximum Gasteiger partial charge on any atom is 0.262 e. The minimum atomic E-state index is -0.152. The molecule has 2 aromatic rings. The van der Waals surface area contributed by atoms with E-state index in [0.717, 1.165) is 5.56 Å². The number of anilines is 1. The molecule has 0 aliphatic heterocycles. The number of halogens is 1. The average Bonchev–Trinajstić information content (AvgIpc) is 2.46. The first kappa shape index (κ1) is 13.2. The predicted molar refractivity (Wildman–Crippen MR) is 72.3 cm³/mol. The van der Waals surface area contributed by atoms with Crippen LogP contribution in [0.2, 0.25) is 5.02 Å². The summed E-state index contributed by atoms with van der Waals surface area (Å²) in [5.41, 5.74) is 6.57. The molecule has 19 heavy (non-hydrogen) atoms. The van der Waals surface area contributed by atoms with Crippen molar-refractivity contribution in [3.63, 3.8) is 0 Å². The zero-order valence-corrected chi connectivity index (χ0v) is 11.0. The van der Waals surface area contributed by atoms with Gasteiger partial charge in [-0.2, -0.15) is 5.10 Å². The van der Waals surface area contributed by atoms with Gasteiger partial charge < -0.3 is 0 Å². The van der Waals surface area contributed by atoms with Crippen molar-refractivity contribution in [3.05, 3.63) is 35.5 Å². The Kier molecular flexibility index (Phi) is 4.25. The van der Waals surface area contributed by atoms with E-state index in [1.165, 1.54) is 6.20 Å². The van der Waals surface area contributed by atoms with Crippen molar-refractivity contribution in [2.24, 2.45) is 0 Å². The zero-order chi connectivity index (χ0) is 13.7. The van der Waals surface area contributed by atoms with E-state index < -0.39 is 0 Å². The maximum atomic E-state index is 11.1. The van der Waals surface area contributed by atoms with Gasteiger partial charge in [0.05, 0.1) is 11.9 Å². The Bertz CT molecular complexity index is 573. The van der Waals surface area contributed by atoms with Crippen LogP contribution in [0.1, 0.15) is 13.3 Å². The van der Waals surface area contributed by atoms with Crippen LogP contribution in [0.15, 0.2) is 30.5 Å². The first-order chi connectivity index (χ1) is 9.19. The van der Waals surface area contributed by atoms with Gasteiger partial charge >= 0.3 is 0 Å². The van der Waals surface area contributed by atoms with Crippen molar-refractivity contribution in [3.8, 4) is 11.3 Å². The Morgan fingerprint density at radius 1 is 1.32 bits per heavy atom. The molecule has 1 heterocycles. The highest BCUT2D eigenvalue weighted by molar-refractivity contribution is 6.30. The second kappa shape index (κ2) is 6.10. The second-order valence-corrected chi connectivity index (χ2v) is 4.14. The molecule has 0 bridgehead atoms. The number of benzene rings is 1. The molecule has 2 rings (SSSR count). The molecule has 0 aliphatic rings. The van der Waals surface area contributed by atoms with Gasteiger partial charge in [-0.3, -0.25) is 15.6 Å². The van der Waals surface area contributed by atoms with Crippen molar-refractivity contribution in [1.29, 1.82) is 0 Å². The largest absolute Gasteiger partial charge is 0.273 e. The number of carbonyl (C=O) groups is 1. The van der Waals surface area contributed by atoms with Gasteiger partial charge in [0.1, 0.15) is 0 Å². The number of hydrazine groups is 1. The Balaban J connectivity index is 2.15. The molecule has 1 amide bonds. The van der Waals surface area contributed by atoms with Crippen LogP contribution in [-0.4, -0.2) is 21.1 Å². The van der Waals surface area contributed by atoms with E-state index in [4.69, 9.17) is 11.6 Å². The van der Waals surface area contributed by atoms with Gasteiger partial charge in [-0.25, -0.2) is 4.98 Å². The highest BCUT2D eigenvalue weighted by Crippen LogP contribution is 2.19. The average molecular weight is 278 g/mol. The van der Waals surface area contributed by atoms with E-state index >= 15 is 0 Å². The minimum Gasteiger partial charge on any atom is -0.273 e. The van der Waals surface area contributed by atoms with Gasteiger partial charge in [0, 0.05) is 17.0 Å². The summed E-state index contributed by atoms with van der Waals surface area (Å²) in [5, 5.41) is 8.26. The molecule has 2 N–H and O–H groups in total. The van der Waals surface area contributed by atoms with E-state index in [0.29, 0.717) is 17.1 Å². The monoisotopic (exact) mass is 277 g/mol. The summed E-state index contributed by atoms with van der Waals surface area (Å²) in [5.74, 6) is 0.0785. The van der Waals surface area contributed by atoms with Crippen LogP contribution in [0.3, 0.4) is 0 Å². The lowest BCUT2D eigenvalue weighted by Gasteiger charge is -2.06. The van der Waals surface area contributed by atoms with Crippen molar-refractivity contribution in [1.82, 2.24) is 20.6 Å². The van der Waals surface area contributed by atoms with E-state index in [2.05, 4.69) is 26.0 Å². The summed E-state index contributed by atoms with van der Waals surface area (Å²) in [6.45, 7) is 1.75. The van der Waals surface area contributed by atoms with Crippen LogP contribution < -0.4 is 10.9 Å². The third-order valence-electron chi connectivity index (χ3n) is 2.33. The van der Waals surface area contributed by atoms with Crippen LogP contribution in [0.5, 0.6) is 0 Å². The minimum absolute atomic E-state index is 0.152. The molecule has 1 aromatic carbocycles. The third-order valence-corrected chi connectivity index (χ3v) is 2.59. The number of aromatic nitrogens is 3. The molecule has 7 heteroatoms. The van der Waals surface area contributed by atoms with Gasteiger partial charge in [-0.05, 0) is 12.1 Å². The van der Waals surface area contributed by atoms with E-state index in [-0.39, 0.29) is 11.9 Å². The zero-order valence-electron chi connectivity index (χ0n) is 10.2. The number of nitrogens with one attached hydrogen (secondary N) is 2. The summed E-state index contributed by atoms with van der Waals surface area (Å²) in [7, 11) is 0. The lowest BCUT2D eigenvalue weighted by atomic mass is 10.2. The molecule has 0 unspecified atom stereocenters. The number of amides is 1. The third kappa shape index (κ3) is 3.62. The topological polar surface area (TPSA) is 79.8 Å². The smallest absolute Gasteiger partial charge is 0.262 e. The van der Waals surface area contributed by atoms with Gasteiger partial charge in [0.25, 0.3) is 5.95 Å². The SMILES string of the molecule is CCC(=O)NNc1nncc(-c2ccc(Cl)cc2)n1. The van der Waals surface area contributed by atoms with Gasteiger partial charge in [-0.1, -0.05) is 30.7 Å². The fourth-order valence-electron chi connectivity index (χ4n) is 1.33. The summed E-state index contributed by atoms with van der Waals surface area (Å²) in [4.78, 5) is 15.3. The first-order valence-electron chi connectivity index (χ1n) is 5.69. The Morgan fingerprint density at radius 3 is 2.74 bits per heavy atom. The number of hydrogen-bond donors (Lipinski definition) is 2. The first-order valence-corrected chi connectivity index (χ1v) is 6.07. The molecule has 0 aliphatic carbocycles. The van der Waals surface area contributed by atoms with E-state index in [1.807, 2.05) is 12.1 Å². The molecular weight excluding hydrogens is 266 g/mol. The quantitative estimate of drug-likeness (QED) is 0.836. The molecular formula is C12H12ClN5O. The molecule has 0 radical (unpaired) electrons. The summed E-state index contributed by atoms with van der Waals surface area (Å²) in [6, 6.07) is 7.21. The molecule has 0 saturated heterocycles. The predicted octanol–water partition coefficient (Wildman–Crippen LogP) is 2.05. The molecule has 1 aromatic heterocycles. The van der Waals surface area contributed by atoms with E-state index in [9.17, 15) is 4.79 Å². The number of hydrogen-bond acceptors (Lipinski definition) is 5. The molecule has 0 saturated carbocycles. The highest BCUT2D eigenvalue weighted by atomic mass is 35.5. The van der Waals surface area contributed by atoms with Crippen LogP contribution in [0.4, 0.5) is 5.95 Å². The Morgan fingerprint density at radius 2 is 2.05 bits per heavy atom. The van der Waals surface area contributed by atoms with Crippen LogP contribution in [0, 0.1) is 0 Å². The van der Waals surface area contributed by atoms with Crippen molar-refractivity contribution in [2.45, 2.75) is 13.3 Å². The Labute approximate surface area is 115 Å². The van der Waals surface area contributed by atoms with Crippen LogP contribution in [-0.2, 0) is 4.79 Å². The standard InChI is InChI=1S/C12H12ClN5O/c1-2-11(19)16-18-12-15-10(7-14-17-12)8-3-5-9(13)6-4-8/h3-7H,2H2,1H3,(H,16,19)(H,15,17,18). The fraction of sp³-hybridized carbons (Fsp3) is 0.167. The molecule has 98 valence electrons. The van der Waals surface area contributed by atoms with Crippen LogP contribution in [0.25, 0.3) is 11.3 Å². The molecule has 0 spiro atoms. The van der Waals surface area contributed by atoms with E-state index in [1.54, 1.807) is 19.1 Å². The van der Waals surface area contributed by atoms with Crippen LogP contribution >= 0.6 is 11.6 Å². The number of nitrogens with zero attached hydrogens (tertiary/aromatic N) is 3. The second-order valence-electron chi connectivity index (χ2n) is 3.70. The lowest BCUT2D eigenvalue weighted by Crippen LogP contribution is -2.29. The van der Waals surface area contributed by atoms with Crippen molar-refractivity contribution < 1.29 is 4.79 Å². The summed E-state index contributed by atoms with van der Waals surface area (Å²) < 4.78 is 0. The summed E-state index contributed by atoms with van der Waals surface area (Å²) in [6.07, 6.45) is 1.91. The fourth-order valence-corrected chi connectivity index (χ4v) is 1.46. The molecule has 0 fully saturated rings. The van der Waals surface area contributed by atoms with Crippen molar-refractivity contribution >= 4 is 23.5 Å². The van der Waals surface area contributed by atoms with Gasteiger partial charge in [0.15, 0.2) is 0 Å². The normalized spacial score (nSPS) is 10.0. The highest BCUT2D eigenvalue weighted by Gasteiger charge is 2.04.